The second-order valence-electron chi connectivity index (χ2n) is 19.3. The van der Waals surface area contributed by atoms with Crippen molar-refractivity contribution in [1.29, 1.82) is 0 Å². The lowest BCUT2D eigenvalue weighted by atomic mass is 9.63. The van der Waals surface area contributed by atoms with Crippen molar-refractivity contribution in [2.45, 2.75) is 18.3 Å². The van der Waals surface area contributed by atoms with Crippen LogP contribution < -0.4 is 0 Å². The molecule has 0 aliphatic heterocycles. The number of aromatic nitrogens is 2. The fraction of sp³-hybridized carbons (Fsp3) is 0.0429. The van der Waals surface area contributed by atoms with Gasteiger partial charge in [-0.3, -0.25) is 4.98 Å². The first-order valence-corrected chi connectivity index (χ1v) is 25.1. The van der Waals surface area contributed by atoms with Crippen molar-refractivity contribution in [2.24, 2.45) is 0 Å². The Morgan fingerprint density at radius 1 is 0.319 bits per heavy atom. The van der Waals surface area contributed by atoms with E-state index in [4.69, 9.17) is 0 Å². The summed E-state index contributed by atoms with van der Waals surface area (Å²) in [5.41, 5.74) is 20.5. The van der Waals surface area contributed by atoms with E-state index in [0.29, 0.717) is 0 Å². The van der Waals surface area contributed by atoms with Gasteiger partial charge in [-0.15, -0.1) is 0 Å². The molecular formula is C70H48N2. The van der Waals surface area contributed by atoms with Gasteiger partial charge in [-0.05, 0) is 161 Å². The molecule has 14 rings (SSSR count). The van der Waals surface area contributed by atoms with E-state index in [0.717, 1.165) is 29.4 Å². The Balaban J connectivity index is 1.01. The molecule has 0 N–H and O–H groups in total. The van der Waals surface area contributed by atoms with Crippen molar-refractivity contribution in [3.63, 3.8) is 0 Å². The molecule has 0 atom stereocenters. The predicted molar refractivity (Wildman–Crippen MR) is 301 cm³/mol. The van der Waals surface area contributed by atoms with Crippen molar-refractivity contribution in [2.75, 3.05) is 0 Å². The van der Waals surface area contributed by atoms with Crippen LogP contribution in [0.3, 0.4) is 0 Å². The van der Waals surface area contributed by atoms with Gasteiger partial charge < -0.3 is 4.57 Å². The van der Waals surface area contributed by atoms with Crippen molar-refractivity contribution in [1.82, 2.24) is 9.55 Å². The van der Waals surface area contributed by atoms with Crippen LogP contribution in [0.4, 0.5) is 0 Å². The normalized spacial score (nSPS) is 13.0. The van der Waals surface area contributed by atoms with Crippen molar-refractivity contribution < 1.29 is 0 Å². The summed E-state index contributed by atoms with van der Waals surface area (Å²) >= 11 is 0. The van der Waals surface area contributed by atoms with E-state index in [2.05, 4.69) is 264 Å². The first-order chi connectivity index (χ1) is 35.7. The molecule has 0 amide bonds. The SMILES string of the molecule is c1ccc(-c2c3ccccc3c(-c3ccccc3)c3cc(-c4ccc5c(c4)C(c4ccccc4)(c4ccccc4)c4cc(-c6ccc7c(c6)c6cnccc6n7-c6ccccc6)ccc4CC5)ccc23)cc1. The van der Waals surface area contributed by atoms with Crippen molar-refractivity contribution >= 4 is 43.4 Å². The third kappa shape index (κ3) is 6.60. The average Bonchev–Trinajstić information content (AvgIpc) is 3.71. The molecule has 0 unspecified atom stereocenters. The minimum Gasteiger partial charge on any atom is -0.309 e. The number of aryl methyl sites for hydroxylation is 2. The van der Waals surface area contributed by atoms with E-state index in [9.17, 15) is 0 Å². The number of pyridine rings is 1. The summed E-state index contributed by atoms with van der Waals surface area (Å²) in [4.78, 5) is 4.62. The minimum atomic E-state index is -0.629. The summed E-state index contributed by atoms with van der Waals surface area (Å²) in [5, 5.41) is 7.35. The van der Waals surface area contributed by atoms with E-state index in [1.807, 2.05) is 12.4 Å². The van der Waals surface area contributed by atoms with E-state index < -0.39 is 5.41 Å². The molecule has 2 aromatic heterocycles. The second kappa shape index (κ2) is 17.1. The summed E-state index contributed by atoms with van der Waals surface area (Å²) in [6.07, 6.45) is 5.79. The molecule has 13 aromatic rings. The maximum Gasteiger partial charge on any atom is 0.0707 e. The first-order valence-electron chi connectivity index (χ1n) is 25.1. The van der Waals surface area contributed by atoms with E-state index in [1.54, 1.807) is 0 Å². The zero-order chi connectivity index (χ0) is 47.6. The van der Waals surface area contributed by atoms with Crippen LogP contribution in [0.15, 0.2) is 267 Å². The van der Waals surface area contributed by atoms with Crippen LogP contribution in [0.5, 0.6) is 0 Å². The molecule has 72 heavy (non-hydrogen) atoms. The third-order valence-corrected chi connectivity index (χ3v) is 15.5. The molecule has 1 aliphatic carbocycles. The lowest BCUT2D eigenvalue weighted by molar-refractivity contribution is 0.740. The van der Waals surface area contributed by atoms with Gasteiger partial charge in [-0.25, -0.2) is 0 Å². The zero-order valence-corrected chi connectivity index (χ0v) is 39.7. The fourth-order valence-corrected chi connectivity index (χ4v) is 12.3. The molecule has 2 heterocycles. The first kappa shape index (κ1) is 41.8. The smallest absolute Gasteiger partial charge is 0.0707 e. The van der Waals surface area contributed by atoms with Crippen LogP contribution in [-0.2, 0) is 18.3 Å². The number of hydrogen-bond donors (Lipinski definition) is 0. The number of hydrogen-bond acceptors (Lipinski definition) is 1. The van der Waals surface area contributed by atoms with Crippen molar-refractivity contribution in [3.05, 3.63) is 301 Å². The van der Waals surface area contributed by atoms with Crippen molar-refractivity contribution in [3.8, 4) is 50.2 Å². The maximum atomic E-state index is 4.62. The summed E-state index contributed by atoms with van der Waals surface area (Å²) in [7, 11) is 0. The maximum absolute atomic E-state index is 4.62. The molecule has 1 aliphatic rings. The van der Waals surface area contributed by atoms with Gasteiger partial charge in [0, 0.05) is 28.9 Å². The Kier molecular flexibility index (Phi) is 9.93. The standard InChI is InChI=1S/C70H48N2/c1-6-18-49(19-7-1)68-58-28-16-17-29-59(58)69(50-20-8-2-9-21-50)62-43-51(36-38-60(62)68)53-34-32-47-30-31-48-33-35-54(45-65(48)70(64(47)44-53,55-22-10-3-11-23-55)56-24-12-4-13-25-56)52-37-39-66-61(42-52)63-46-71-41-40-67(63)72(66)57-26-14-5-15-27-57/h1-29,32-46H,30-31H2. The Labute approximate surface area is 419 Å². The van der Waals surface area contributed by atoms with Crippen LogP contribution in [0.1, 0.15) is 33.4 Å². The Morgan fingerprint density at radius 2 is 0.750 bits per heavy atom. The van der Waals surface area contributed by atoms with Gasteiger partial charge in [0.15, 0.2) is 0 Å². The van der Waals surface area contributed by atoms with Gasteiger partial charge in [0.2, 0.25) is 0 Å². The van der Waals surface area contributed by atoms with E-state index in [-0.39, 0.29) is 0 Å². The van der Waals surface area contributed by atoms with Crippen LogP contribution >= 0.6 is 0 Å². The molecule has 11 aromatic carbocycles. The van der Waals surface area contributed by atoms with Gasteiger partial charge in [0.25, 0.3) is 0 Å². The number of nitrogens with zero attached hydrogens (tertiary/aromatic N) is 2. The third-order valence-electron chi connectivity index (χ3n) is 15.5. The lowest BCUT2D eigenvalue weighted by Gasteiger charge is -2.38. The minimum absolute atomic E-state index is 0.629. The highest BCUT2D eigenvalue weighted by Crippen LogP contribution is 2.52. The molecule has 0 saturated carbocycles. The van der Waals surface area contributed by atoms with Gasteiger partial charge >= 0.3 is 0 Å². The summed E-state index contributed by atoms with van der Waals surface area (Å²) in [5.74, 6) is 0. The topological polar surface area (TPSA) is 17.8 Å². The highest BCUT2D eigenvalue weighted by Gasteiger charge is 2.43. The molecule has 0 spiro atoms. The van der Waals surface area contributed by atoms with Gasteiger partial charge in [0.1, 0.15) is 0 Å². The quantitative estimate of drug-likeness (QED) is 0.146. The number of benzene rings is 11. The second-order valence-corrected chi connectivity index (χ2v) is 19.3. The molecule has 338 valence electrons. The predicted octanol–water partition coefficient (Wildman–Crippen LogP) is 17.6. The monoisotopic (exact) mass is 916 g/mol. The van der Waals surface area contributed by atoms with Crippen LogP contribution in [0.25, 0.3) is 93.5 Å². The van der Waals surface area contributed by atoms with E-state index in [1.165, 1.54) is 110 Å². The van der Waals surface area contributed by atoms with Gasteiger partial charge in [-0.2, -0.15) is 0 Å². The summed E-state index contributed by atoms with van der Waals surface area (Å²) < 4.78 is 2.36. The van der Waals surface area contributed by atoms with Crippen LogP contribution in [-0.4, -0.2) is 9.55 Å². The molecule has 0 saturated heterocycles. The van der Waals surface area contributed by atoms with Gasteiger partial charge in [0.05, 0.1) is 16.4 Å². The number of para-hydroxylation sites is 1. The Hall–Kier alpha value is -9.11. The number of fused-ring (bicyclic) bond motifs is 7. The zero-order valence-electron chi connectivity index (χ0n) is 39.7. The Bertz CT molecular complexity index is 4140. The summed E-state index contributed by atoms with van der Waals surface area (Å²) in [6.45, 7) is 0. The Morgan fingerprint density at radius 3 is 1.32 bits per heavy atom. The fourth-order valence-electron chi connectivity index (χ4n) is 12.3. The number of rotatable bonds is 7. The van der Waals surface area contributed by atoms with Crippen LogP contribution in [0.2, 0.25) is 0 Å². The molecule has 0 radical (unpaired) electrons. The van der Waals surface area contributed by atoms with Crippen LogP contribution in [0, 0.1) is 0 Å². The van der Waals surface area contributed by atoms with Gasteiger partial charge in [-0.1, -0.05) is 206 Å². The lowest BCUT2D eigenvalue weighted by Crippen LogP contribution is -2.32. The molecule has 0 fully saturated rings. The molecular weight excluding hydrogens is 869 g/mol. The largest absolute Gasteiger partial charge is 0.309 e. The summed E-state index contributed by atoms with van der Waals surface area (Å²) in [6, 6.07) is 95.0. The highest BCUT2D eigenvalue weighted by atomic mass is 15.0. The molecule has 2 nitrogen and oxygen atoms in total. The molecule has 0 bridgehead atoms. The average molecular weight is 917 g/mol. The van der Waals surface area contributed by atoms with E-state index >= 15 is 0 Å². The molecule has 2 heteroatoms. The highest BCUT2D eigenvalue weighted by molar-refractivity contribution is 6.22.